The van der Waals surface area contributed by atoms with Crippen LogP contribution >= 0.6 is 0 Å². The molecule has 1 fully saturated rings. The van der Waals surface area contributed by atoms with Crippen LogP contribution in [0.3, 0.4) is 0 Å². The first kappa shape index (κ1) is 14.4. The Balaban J connectivity index is 1.86. The molecule has 0 atom stereocenters. The number of carbonyl (C=O) groups excluding carboxylic acids is 1. The van der Waals surface area contributed by atoms with Crippen molar-refractivity contribution in [2.45, 2.75) is 19.8 Å². The zero-order valence-corrected chi connectivity index (χ0v) is 12.8. The van der Waals surface area contributed by atoms with Crippen LogP contribution < -0.4 is 16.0 Å². The van der Waals surface area contributed by atoms with Crippen LogP contribution in [-0.4, -0.2) is 19.0 Å². The number of aryl methyl sites for hydroxylation is 1. The second-order valence-electron chi connectivity index (χ2n) is 5.74. The van der Waals surface area contributed by atoms with Crippen molar-refractivity contribution in [1.82, 2.24) is 0 Å². The van der Waals surface area contributed by atoms with Gasteiger partial charge in [-0.25, -0.2) is 0 Å². The molecule has 1 aliphatic rings. The van der Waals surface area contributed by atoms with Crippen LogP contribution in [0.2, 0.25) is 0 Å². The van der Waals surface area contributed by atoms with Crippen molar-refractivity contribution < 1.29 is 4.79 Å². The van der Waals surface area contributed by atoms with Crippen molar-refractivity contribution in [2.75, 3.05) is 29.0 Å². The predicted octanol–water partition coefficient (Wildman–Crippen LogP) is 3.43. The number of nitrogens with two attached hydrogens (primary N) is 1. The average Bonchev–Trinajstić information content (AvgIpc) is 3.04. The summed E-state index contributed by atoms with van der Waals surface area (Å²) in [6.45, 7) is 4.01. The van der Waals surface area contributed by atoms with E-state index in [4.69, 9.17) is 5.73 Å². The average molecular weight is 295 g/mol. The maximum atomic E-state index is 12.6. The van der Waals surface area contributed by atoms with Gasteiger partial charge in [-0.1, -0.05) is 18.2 Å². The molecule has 0 radical (unpaired) electrons. The number of hydrogen-bond donors (Lipinski definition) is 2. The van der Waals surface area contributed by atoms with E-state index in [1.54, 1.807) is 6.07 Å². The molecule has 114 valence electrons. The topological polar surface area (TPSA) is 58.4 Å². The van der Waals surface area contributed by atoms with Gasteiger partial charge in [0.15, 0.2) is 0 Å². The lowest BCUT2D eigenvalue weighted by atomic mass is 10.1. The number of nitrogens with zero attached hydrogens (tertiary/aromatic N) is 1. The van der Waals surface area contributed by atoms with E-state index >= 15 is 0 Å². The molecule has 2 aromatic rings. The molecule has 1 heterocycles. The molecule has 1 amide bonds. The zero-order valence-electron chi connectivity index (χ0n) is 12.8. The summed E-state index contributed by atoms with van der Waals surface area (Å²) in [5.41, 5.74) is 9.89. The lowest BCUT2D eigenvalue weighted by Gasteiger charge is -2.21. The molecule has 2 aromatic carbocycles. The molecule has 3 rings (SSSR count). The Morgan fingerprint density at radius 2 is 1.86 bits per heavy atom. The lowest BCUT2D eigenvalue weighted by molar-refractivity contribution is 0.102. The molecule has 0 saturated carbocycles. The summed E-state index contributed by atoms with van der Waals surface area (Å²) >= 11 is 0. The van der Waals surface area contributed by atoms with E-state index < -0.39 is 0 Å². The maximum Gasteiger partial charge on any atom is 0.256 e. The normalized spacial score (nSPS) is 14.1. The van der Waals surface area contributed by atoms with Crippen molar-refractivity contribution in [3.05, 3.63) is 53.6 Å². The molecule has 4 nitrogen and oxygen atoms in total. The van der Waals surface area contributed by atoms with Gasteiger partial charge in [-0.15, -0.1) is 0 Å². The van der Waals surface area contributed by atoms with Crippen LogP contribution in [0.25, 0.3) is 0 Å². The van der Waals surface area contributed by atoms with Crippen molar-refractivity contribution in [3.63, 3.8) is 0 Å². The Morgan fingerprint density at radius 3 is 2.64 bits per heavy atom. The third-order valence-electron chi connectivity index (χ3n) is 4.11. The van der Waals surface area contributed by atoms with E-state index in [1.807, 2.05) is 37.3 Å². The third-order valence-corrected chi connectivity index (χ3v) is 4.11. The van der Waals surface area contributed by atoms with E-state index in [0.717, 1.165) is 30.0 Å². The Kier molecular flexibility index (Phi) is 4.00. The highest BCUT2D eigenvalue weighted by Gasteiger charge is 2.17. The fourth-order valence-corrected chi connectivity index (χ4v) is 2.89. The molecule has 4 heteroatoms. The number of nitrogen functional groups attached to an aromatic ring is 1. The maximum absolute atomic E-state index is 12.6. The molecule has 0 unspecified atom stereocenters. The first-order chi connectivity index (χ1) is 10.6. The molecule has 22 heavy (non-hydrogen) atoms. The van der Waals surface area contributed by atoms with Gasteiger partial charge in [0.1, 0.15) is 0 Å². The second-order valence-corrected chi connectivity index (χ2v) is 5.74. The number of para-hydroxylation sites is 2. The summed E-state index contributed by atoms with van der Waals surface area (Å²) in [5, 5.41) is 3.04. The van der Waals surface area contributed by atoms with Gasteiger partial charge in [0, 0.05) is 24.3 Å². The molecule has 0 bridgehead atoms. The smallest absolute Gasteiger partial charge is 0.256 e. The number of carbonyl (C=O) groups is 1. The van der Waals surface area contributed by atoms with E-state index in [1.165, 1.54) is 12.8 Å². The van der Waals surface area contributed by atoms with Crippen molar-refractivity contribution in [1.29, 1.82) is 0 Å². The predicted molar refractivity (Wildman–Crippen MR) is 91.4 cm³/mol. The number of benzene rings is 2. The van der Waals surface area contributed by atoms with Crippen molar-refractivity contribution in [2.24, 2.45) is 0 Å². The molecule has 1 saturated heterocycles. The van der Waals surface area contributed by atoms with Gasteiger partial charge in [0.05, 0.1) is 11.4 Å². The molecular formula is C18H21N3O. The Morgan fingerprint density at radius 1 is 1.14 bits per heavy atom. The Bertz CT molecular complexity index is 690. The lowest BCUT2D eigenvalue weighted by Crippen LogP contribution is -2.21. The molecule has 0 spiro atoms. The minimum absolute atomic E-state index is 0.114. The third kappa shape index (κ3) is 2.91. The van der Waals surface area contributed by atoms with Crippen LogP contribution in [0, 0.1) is 6.92 Å². The van der Waals surface area contributed by atoms with Crippen LogP contribution in [0.5, 0.6) is 0 Å². The first-order valence-electron chi connectivity index (χ1n) is 7.66. The number of hydrogen-bond acceptors (Lipinski definition) is 3. The summed E-state index contributed by atoms with van der Waals surface area (Å²) in [7, 11) is 0. The van der Waals surface area contributed by atoms with Gasteiger partial charge >= 0.3 is 0 Å². The second kappa shape index (κ2) is 6.10. The fourth-order valence-electron chi connectivity index (χ4n) is 2.89. The number of nitrogens with one attached hydrogen (secondary N) is 1. The quantitative estimate of drug-likeness (QED) is 0.853. The van der Waals surface area contributed by atoms with Crippen molar-refractivity contribution >= 4 is 23.0 Å². The number of anilines is 3. The highest BCUT2D eigenvalue weighted by atomic mass is 16.1. The fraction of sp³-hybridized carbons (Fsp3) is 0.278. The SMILES string of the molecule is Cc1ccc(N)cc1C(=O)Nc1ccccc1N1CCCC1. The molecular weight excluding hydrogens is 274 g/mol. The number of rotatable bonds is 3. The number of amides is 1. The first-order valence-corrected chi connectivity index (χ1v) is 7.66. The summed E-state index contributed by atoms with van der Waals surface area (Å²) in [6, 6.07) is 13.4. The van der Waals surface area contributed by atoms with E-state index in [0.29, 0.717) is 11.3 Å². The Hall–Kier alpha value is -2.49. The van der Waals surface area contributed by atoms with Gasteiger partial charge in [-0.3, -0.25) is 4.79 Å². The van der Waals surface area contributed by atoms with Crippen molar-refractivity contribution in [3.8, 4) is 0 Å². The minimum atomic E-state index is -0.114. The summed E-state index contributed by atoms with van der Waals surface area (Å²) in [6.07, 6.45) is 2.41. The Labute approximate surface area is 130 Å². The van der Waals surface area contributed by atoms with Gasteiger partial charge < -0.3 is 16.0 Å². The molecule has 3 N–H and O–H groups in total. The summed E-state index contributed by atoms with van der Waals surface area (Å²) in [5.74, 6) is -0.114. The summed E-state index contributed by atoms with van der Waals surface area (Å²) in [4.78, 5) is 14.9. The van der Waals surface area contributed by atoms with E-state index in [9.17, 15) is 4.79 Å². The standard InChI is InChI=1S/C18H21N3O/c1-13-8-9-14(19)12-15(13)18(22)20-16-6-2-3-7-17(16)21-10-4-5-11-21/h2-3,6-9,12H,4-5,10-11,19H2,1H3,(H,20,22). The van der Waals surface area contributed by atoms with Crippen LogP contribution in [0.4, 0.5) is 17.1 Å². The summed E-state index contributed by atoms with van der Waals surface area (Å²) < 4.78 is 0. The van der Waals surface area contributed by atoms with Gasteiger partial charge in [-0.05, 0) is 49.6 Å². The zero-order chi connectivity index (χ0) is 15.5. The van der Waals surface area contributed by atoms with Crippen LogP contribution in [0.15, 0.2) is 42.5 Å². The van der Waals surface area contributed by atoms with Crippen LogP contribution in [0.1, 0.15) is 28.8 Å². The van der Waals surface area contributed by atoms with Gasteiger partial charge in [0.25, 0.3) is 5.91 Å². The molecule has 0 aliphatic carbocycles. The highest BCUT2D eigenvalue weighted by molar-refractivity contribution is 6.07. The monoisotopic (exact) mass is 295 g/mol. The minimum Gasteiger partial charge on any atom is -0.399 e. The van der Waals surface area contributed by atoms with E-state index in [-0.39, 0.29) is 5.91 Å². The van der Waals surface area contributed by atoms with Gasteiger partial charge in [-0.2, -0.15) is 0 Å². The van der Waals surface area contributed by atoms with Crippen LogP contribution in [-0.2, 0) is 0 Å². The van der Waals surface area contributed by atoms with E-state index in [2.05, 4.69) is 16.3 Å². The van der Waals surface area contributed by atoms with Gasteiger partial charge in [0.2, 0.25) is 0 Å². The largest absolute Gasteiger partial charge is 0.399 e. The molecule has 0 aromatic heterocycles. The highest BCUT2D eigenvalue weighted by Crippen LogP contribution is 2.29. The molecule has 1 aliphatic heterocycles.